The molecule has 3 rings (SSSR count). The molecule has 0 saturated carbocycles. The summed E-state index contributed by atoms with van der Waals surface area (Å²) in [4.78, 5) is 14.6. The number of amides is 1. The van der Waals surface area contributed by atoms with Crippen molar-refractivity contribution in [2.45, 2.75) is 6.17 Å². The summed E-state index contributed by atoms with van der Waals surface area (Å²) in [5, 5.41) is 3.45. The van der Waals surface area contributed by atoms with Crippen molar-refractivity contribution < 1.29 is 14.3 Å². The molecule has 1 aliphatic rings. The highest BCUT2D eigenvalue weighted by Gasteiger charge is 2.32. The molecule has 2 aromatic carbocycles. The number of fused-ring (bicyclic) bond motifs is 1. The van der Waals surface area contributed by atoms with Crippen molar-refractivity contribution in [2.75, 3.05) is 32.2 Å². The van der Waals surface area contributed by atoms with Crippen LogP contribution in [-0.2, 0) is 4.74 Å². The van der Waals surface area contributed by atoms with Gasteiger partial charge in [-0.1, -0.05) is 30.3 Å². The summed E-state index contributed by atoms with van der Waals surface area (Å²) in [6.45, 7) is 5.25. The number of hydrogen-bond donors (Lipinski definition) is 1. The van der Waals surface area contributed by atoms with Crippen LogP contribution in [0, 0.1) is 0 Å². The van der Waals surface area contributed by atoms with Gasteiger partial charge in [-0.3, -0.25) is 4.79 Å². The van der Waals surface area contributed by atoms with E-state index < -0.39 is 0 Å². The molecule has 0 aliphatic carbocycles. The van der Waals surface area contributed by atoms with E-state index >= 15 is 0 Å². The standard InChI is InChI=1S/C20H22N2O3/c1-3-11-22-19(21-18-10-5-4-9-17(18)20(22)23)15-7-6-8-16(14-15)25-13-12-24-2/h3-10,14,19,21H,1,11-13H2,2H3. The average Bonchev–Trinajstić information content (AvgIpc) is 2.64. The Morgan fingerprint density at radius 1 is 1.20 bits per heavy atom. The van der Waals surface area contributed by atoms with E-state index in [9.17, 15) is 4.79 Å². The summed E-state index contributed by atoms with van der Waals surface area (Å²) in [5.41, 5.74) is 2.47. The molecule has 1 amide bonds. The van der Waals surface area contributed by atoms with E-state index in [2.05, 4.69) is 11.9 Å². The average molecular weight is 338 g/mol. The molecule has 1 unspecified atom stereocenters. The fourth-order valence-electron chi connectivity index (χ4n) is 2.90. The summed E-state index contributed by atoms with van der Waals surface area (Å²) < 4.78 is 10.7. The van der Waals surface area contributed by atoms with Crippen LogP contribution in [-0.4, -0.2) is 37.7 Å². The Bertz CT molecular complexity index is 760. The summed E-state index contributed by atoms with van der Waals surface area (Å²) in [6, 6.07) is 15.3. The Balaban J connectivity index is 1.90. The fourth-order valence-corrected chi connectivity index (χ4v) is 2.90. The molecular weight excluding hydrogens is 316 g/mol. The lowest BCUT2D eigenvalue weighted by atomic mass is 10.0. The fraction of sp³-hybridized carbons (Fsp3) is 0.250. The molecule has 0 spiro atoms. The molecule has 2 aromatic rings. The third kappa shape index (κ3) is 3.67. The van der Waals surface area contributed by atoms with Crippen LogP contribution in [0.1, 0.15) is 22.1 Å². The normalized spacial score (nSPS) is 16.1. The molecule has 130 valence electrons. The zero-order valence-electron chi connectivity index (χ0n) is 14.3. The molecule has 0 radical (unpaired) electrons. The molecule has 0 bridgehead atoms. The van der Waals surface area contributed by atoms with E-state index in [0.717, 1.165) is 17.0 Å². The van der Waals surface area contributed by atoms with Crippen LogP contribution in [0.15, 0.2) is 61.2 Å². The van der Waals surface area contributed by atoms with Gasteiger partial charge in [0.25, 0.3) is 5.91 Å². The number of rotatable bonds is 7. The van der Waals surface area contributed by atoms with Crippen molar-refractivity contribution in [3.8, 4) is 5.75 Å². The number of hydrogen-bond acceptors (Lipinski definition) is 4. The number of ether oxygens (including phenoxy) is 2. The van der Waals surface area contributed by atoms with Gasteiger partial charge in [-0.2, -0.15) is 0 Å². The molecule has 0 aromatic heterocycles. The van der Waals surface area contributed by atoms with Gasteiger partial charge in [0.15, 0.2) is 0 Å². The Morgan fingerprint density at radius 2 is 2.04 bits per heavy atom. The molecule has 0 fully saturated rings. The van der Waals surface area contributed by atoms with Crippen LogP contribution < -0.4 is 10.1 Å². The Hall–Kier alpha value is -2.79. The Labute approximate surface area is 147 Å². The third-order valence-electron chi connectivity index (χ3n) is 4.08. The molecule has 25 heavy (non-hydrogen) atoms. The van der Waals surface area contributed by atoms with Gasteiger partial charge >= 0.3 is 0 Å². The van der Waals surface area contributed by atoms with Crippen molar-refractivity contribution in [1.29, 1.82) is 0 Å². The molecule has 1 aliphatic heterocycles. The van der Waals surface area contributed by atoms with E-state index in [0.29, 0.717) is 25.3 Å². The van der Waals surface area contributed by atoms with E-state index in [-0.39, 0.29) is 12.1 Å². The smallest absolute Gasteiger partial charge is 0.258 e. The van der Waals surface area contributed by atoms with Gasteiger partial charge in [0.1, 0.15) is 18.5 Å². The van der Waals surface area contributed by atoms with E-state index in [1.54, 1.807) is 18.1 Å². The first-order valence-corrected chi connectivity index (χ1v) is 8.23. The zero-order valence-corrected chi connectivity index (χ0v) is 14.3. The van der Waals surface area contributed by atoms with Crippen molar-refractivity contribution >= 4 is 11.6 Å². The largest absolute Gasteiger partial charge is 0.491 e. The van der Waals surface area contributed by atoms with Crippen LogP contribution in [0.4, 0.5) is 5.69 Å². The highest BCUT2D eigenvalue weighted by Crippen LogP contribution is 2.33. The maximum atomic E-state index is 12.9. The molecule has 1 N–H and O–H groups in total. The number of nitrogens with one attached hydrogen (secondary N) is 1. The number of nitrogens with zero attached hydrogens (tertiary/aromatic N) is 1. The first-order chi connectivity index (χ1) is 12.2. The van der Waals surface area contributed by atoms with Crippen molar-refractivity contribution in [2.24, 2.45) is 0 Å². The monoisotopic (exact) mass is 338 g/mol. The maximum absolute atomic E-state index is 12.9. The number of benzene rings is 2. The molecule has 5 heteroatoms. The number of carbonyl (C=O) groups excluding carboxylic acids is 1. The summed E-state index contributed by atoms with van der Waals surface area (Å²) in [7, 11) is 1.64. The second-order valence-electron chi connectivity index (χ2n) is 5.75. The minimum Gasteiger partial charge on any atom is -0.491 e. The second-order valence-corrected chi connectivity index (χ2v) is 5.75. The van der Waals surface area contributed by atoms with Gasteiger partial charge in [-0.15, -0.1) is 6.58 Å². The SMILES string of the molecule is C=CCN1C(=O)c2ccccc2NC1c1cccc(OCCOC)c1. The maximum Gasteiger partial charge on any atom is 0.258 e. The van der Waals surface area contributed by atoms with Crippen molar-refractivity contribution in [3.63, 3.8) is 0 Å². The van der Waals surface area contributed by atoms with Crippen LogP contribution in [0.5, 0.6) is 5.75 Å². The minimum absolute atomic E-state index is 0.00930. The minimum atomic E-state index is -0.272. The lowest BCUT2D eigenvalue weighted by molar-refractivity contribution is 0.0707. The topological polar surface area (TPSA) is 50.8 Å². The first kappa shape index (κ1) is 17.0. The molecular formula is C20H22N2O3. The van der Waals surface area contributed by atoms with Crippen LogP contribution in [0.3, 0.4) is 0 Å². The number of anilines is 1. The van der Waals surface area contributed by atoms with E-state index in [1.807, 2.05) is 48.5 Å². The van der Waals surface area contributed by atoms with Gasteiger partial charge in [0, 0.05) is 19.3 Å². The quantitative estimate of drug-likeness (QED) is 0.620. The summed E-state index contributed by atoms with van der Waals surface area (Å²) in [5.74, 6) is 0.742. The highest BCUT2D eigenvalue weighted by molar-refractivity contribution is 6.01. The van der Waals surface area contributed by atoms with Crippen molar-refractivity contribution in [3.05, 3.63) is 72.3 Å². The molecule has 0 saturated heterocycles. The predicted molar refractivity (Wildman–Crippen MR) is 97.9 cm³/mol. The lowest BCUT2D eigenvalue weighted by Crippen LogP contribution is -2.42. The second kappa shape index (κ2) is 7.85. The summed E-state index contributed by atoms with van der Waals surface area (Å²) in [6.07, 6.45) is 1.46. The predicted octanol–water partition coefficient (Wildman–Crippen LogP) is 3.46. The van der Waals surface area contributed by atoms with Gasteiger partial charge in [-0.25, -0.2) is 0 Å². The van der Waals surface area contributed by atoms with Gasteiger partial charge < -0.3 is 19.7 Å². The molecule has 5 nitrogen and oxygen atoms in total. The van der Waals surface area contributed by atoms with E-state index in [4.69, 9.17) is 9.47 Å². The van der Waals surface area contributed by atoms with E-state index in [1.165, 1.54) is 0 Å². The van der Waals surface area contributed by atoms with Crippen LogP contribution >= 0.6 is 0 Å². The van der Waals surface area contributed by atoms with Gasteiger partial charge in [0.05, 0.1) is 12.2 Å². The van der Waals surface area contributed by atoms with Gasteiger partial charge in [0.2, 0.25) is 0 Å². The summed E-state index contributed by atoms with van der Waals surface area (Å²) >= 11 is 0. The van der Waals surface area contributed by atoms with Crippen LogP contribution in [0.2, 0.25) is 0 Å². The zero-order chi connectivity index (χ0) is 17.6. The molecule has 1 heterocycles. The Kier molecular flexibility index (Phi) is 5.36. The van der Waals surface area contributed by atoms with Gasteiger partial charge in [-0.05, 0) is 29.8 Å². The third-order valence-corrected chi connectivity index (χ3v) is 4.08. The number of methoxy groups -OCH3 is 1. The first-order valence-electron chi connectivity index (χ1n) is 8.23. The Morgan fingerprint density at radius 3 is 2.84 bits per heavy atom. The van der Waals surface area contributed by atoms with Crippen molar-refractivity contribution in [1.82, 2.24) is 4.90 Å². The van der Waals surface area contributed by atoms with Crippen LogP contribution in [0.25, 0.3) is 0 Å². The highest BCUT2D eigenvalue weighted by atomic mass is 16.5. The lowest BCUT2D eigenvalue weighted by Gasteiger charge is -2.37. The number of para-hydroxylation sites is 1. The molecule has 1 atom stereocenters. The number of carbonyl (C=O) groups is 1.